The Labute approximate surface area is 201 Å². The second kappa shape index (κ2) is 10.8. The van der Waals surface area contributed by atoms with Gasteiger partial charge in [0.1, 0.15) is 11.5 Å². The molecule has 4 aromatic rings. The SMILES string of the molecule is CCOc1ccccc1-c1cc(-c2cc(F)c(F)cc2OCC(=O)O)nn1CCc1ccccc1. The number of hydrogen-bond acceptors (Lipinski definition) is 4. The molecular weight excluding hydrogens is 454 g/mol. The Hall–Kier alpha value is -4.20. The number of carboxylic acids is 1. The minimum Gasteiger partial charge on any atom is -0.493 e. The quantitative estimate of drug-likeness (QED) is 0.321. The number of aryl methyl sites for hydroxylation is 2. The average molecular weight is 478 g/mol. The van der Waals surface area contributed by atoms with E-state index in [0.29, 0.717) is 36.7 Å². The van der Waals surface area contributed by atoms with Gasteiger partial charge in [0, 0.05) is 23.7 Å². The van der Waals surface area contributed by atoms with Crippen molar-refractivity contribution < 1.29 is 28.2 Å². The predicted octanol–water partition coefficient (Wildman–Crippen LogP) is 5.60. The zero-order valence-corrected chi connectivity index (χ0v) is 19.1. The lowest BCUT2D eigenvalue weighted by atomic mass is 10.1. The highest BCUT2D eigenvalue weighted by Crippen LogP contribution is 2.37. The molecule has 0 fully saturated rings. The fraction of sp³-hybridized carbons (Fsp3) is 0.185. The highest BCUT2D eigenvalue weighted by atomic mass is 19.2. The Morgan fingerprint density at radius 3 is 2.37 bits per heavy atom. The topological polar surface area (TPSA) is 73.6 Å². The van der Waals surface area contributed by atoms with Crippen molar-refractivity contribution in [2.75, 3.05) is 13.2 Å². The number of rotatable bonds is 10. The molecule has 35 heavy (non-hydrogen) atoms. The summed E-state index contributed by atoms with van der Waals surface area (Å²) in [6, 6.07) is 21.0. The van der Waals surface area contributed by atoms with E-state index in [1.54, 1.807) is 10.7 Å². The van der Waals surface area contributed by atoms with Gasteiger partial charge in [0.2, 0.25) is 0 Å². The van der Waals surface area contributed by atoms with Crippen LogP contribution in [0.15, 0.2) is 72.8 Å². The summed E-state index contributed by atoms with van der Waals surface area (Å²) in [5, 5.41) is 13.7. The summed E-state index contributed by atoms with van der Waals surface area (Å²) in [5.41, 5.74) is 3.09. The number of benzene rings is 3. The molecule has 180 valence electrons. The molecule has 0 unspecified atom stereocenters. The number of carbonyl (C=O) groups is 1. The molecule has 0 radical (unpaired) electrons. The lowest BCUT2D eigenvalue weighted by molar-refractivity contribution is -0.139. The van der Waals surface area contributed by atoms with Gasteiger partial charge in [0.25, 0.3) is 0 Å². The van der Waals surface area contributed by atoms with Crippen molar-refractivity contribution >= 4 is 5.97 Å². The molecule has 0 aliphatic heterocycles. The van der Waals surface area contributed by atoms with Gasteiger partial charge in [-0.3, -0.25) is 4.68 Å². The van der Waals surface area contributed by atoms with Crippen LogP contribution in [0.3, 0.4) is 0 Å². The molecular formula is C27H24F2N2O4. The summed E-state index contributed by atoms with van der Waals surface area (Å²) < 4.78 is 41.0. The molecule has 0 aliphatic rings. The third-order valence-electron chi connectivity index (χ3n) is 5.35. The van der Waals surface area contributed by atoms with Gasteiger partial charge in [-0.15, -0.1) is 0 Å². The number of hydrogen-bond donors (Lipinski definition) is 1. The Balaban J connectivity index is 1.81. The maximum absolute atomic E-state index is 14.2. The van der Waals surface area contributed by atoms with E-state index in [1.807, 2.05) is 61.5 Å². The number of halogens is 2. The van der Waals surface area contributed by atoms with Crippen molar-refractivity contribution in [3.05, 3.63) is 90.0 Å². The molecule has 3 aromatic carbocycles. The van der Waals surface area contributed by atoms with Gasteiger partial charge in [-0.2, -0.15) is 5.10 Å². The second-order valence-electron chi connectivity index (χ2n) is 7.75. The number of aliphatic carboxylic acids is 1. The molecule has 0 amide bonds. The van der Waals surface area contributed by atoms with E-state index >= 15 is 0 Å². The molecule has 1 heterocycles. The Morgan fingerprint density at radius 1 is 0.914 bits per heavy atom. The fourth-order valence-corrected chi connectivity index (χ4v) is 3.76. The average Bonchev–Trinajstić information content (AvgIpc) is 3.28. The number of nitrogens with zero attached hydrogens (tertiary/aromatic N) is 2. The first-order valence-electron chi connectivity index (χ1n) is 11.1. The van der Waals surface area contributed by atoms with E-state index < -0.39 is 24.2 Å². The van der Waals surface area contributed by atoms with E-state index in [9.17, 15) is 13.6 Å². The van der Waals surface area contributed by atoms with E-state index in [-0.39, 0.29) is 11.3 Å². The van der Waals surface area contributed by atoms with Crippen molar-refractivity contribution in [1.82, 2.24) is 9.78 Å². The summed E-state index contributed by atoms with van der Waals surface area (Å²) in [7, 11) is 0. The van der Waals surface area contributed by atoms with Crippen molar-refractivity contribution in [3.8, 4) is 34.0 Å². The molecule has 1 N–H and O–H groups in total. The van der Waals surface area contributed by atoms with Gasteiger partial charge in [-0.1, -0.05) is 42.5 Å². The van der Waals surface area contributed by atoms with Crippen LogP contribution in [0.5, 0.6) is 11.5 Å². The molecule has 4 rings (SSSR count). The van der Waals surface area contributed by atoms with Crippen LogP contribution in [0.2, 0.25) is 0 Å². The molecule has 0 aliphatic carbocycles. The lowest BCUT2D eigenvalue weighted by Gasteiger charge is -2.12. The Kier molecular flexibility index (Phi) is 7.40. The van der Waals surface area contributed by atoms with Crippen molar-refractivity contribution in [2.24, 2.45) is 0 Å². The molecule has 6 nitrogen and oxygen atoms in total. The summed E-state index contributed by atoms with van der Waals surface area (Å²) >= 11 is 0. The lowest BCUT2D eigenvalue weighted by Crippen LogP contribution is -2.10. The largest absolute Gasteiger partial charge is 0.493 e. The number of carboxylic acid groups (broad SMARTS) is 1. The third-order valence-corrected chi connectivity index (χ3v) is 5.35. The Bertz CT molecular complexity index is 1320. The van der Waals surface area contributed by atoms with Gasteiger partial charge < -0.3 is 14.6 Å². The predicted molar refractivity (Wildman–Crippen MR) is 127 cm³/mol. The minimum atomic E-state index is -1.24. The summed E-state index contributed by atoms with van der Waals surface area (Å²) in [6.45, 7) is 2.17. The zero-order valence-electron chi connectivity index (χ0n) is 19.1. The normalized spacial score (nSPS) is 10.8. The van der Waals surface area contributed by atoms with Crippen LogP contribution in [0.1, 0.15) is 12.5 Å². The van der Waals surface area contributed by atoms with Gasteiger partial charge in [0.05, 0.1) is 18.0 Å². The highest BCUT2D eigenvalue weighted by Gasteiger charge is 2.20. The number of para-hydroxylation sites is 1. The van der Waals surface area contributed by atoms with Crippen molar-refractivity contribution in [1.29, 1.82) is 0 Å². The molecule has 8 heteroatoms. The van der Waals surface area contributed by atoms with Crippen molar-refractivity contribution in [3.63, 3.8) is 0 Å². The highest BCUT2D eigenvalue weighted by molar-refractivity contribution is 5.76. The summed E-state index contributed by atoms with van der Waals surface area (Å²) in [6.07, 6.45) is 0.686. The van der Waals surface area contributed by atoms with Crippen LogP contribution in [-0.2, 0) is 17.8 Å². The van der Waals surface area contributed by atoms with Crippen LogP contribution < -0.4 is 9.47 Å². The number of ether oxygens (including phenoxy) is 2. The minimum absolute atomic E-state index is 0.108. The maximum atomic E-state index is 14.2. The van der Waals surface area contributed by atoms with Crippen molar-refractivity contribution in [2.45, 2.75) is 19.9 Å². The van der Waals surface area contributed by atoms with Crippen LogP contribution in [0.25, 0.3) is 22.5 Å². The molecule has 0 saturated heterocycles. The zero-order chi connectivity index (χ0) is 24.8. The van der Waals surface area contributed by atoms with E-state index in [0.717, 1.165) is 23.3 Å². The molecule has 1 aromatic heterocycles. The van der Waals surface area contributed by atoms with Gasteiger partial charge in [0.15, 0.2) is 18.2 Å². The third kappa shape index (κ3) is 5.66. The number of aromatic nitrogens is 2. The van der Waals surface area contributed by atoms with Crippen LogP contribution in [-0.4, -0.2) is 34.1 Å². The van der Waals surface area contributed by atoms with Crippen LogP contribution in [0, 0.1) is 11.6 Å². The Morgan fingerprint density at radius 2 is 1.63 bits per heavy atom. The second-order valence-corrected chi connectivity index (χ2v) is 7.75. The van der Waals surface area contributed by atoms with E-state index in [4.69, 9.17) is 14.6 Å². The summed E-state index contributed by atoms with van der Waals surface area (Å²) in [5.74, 6) is -2.91. The van der Waals surface area contributed by atoms with Gasteiger partial charge >= 0.3 is 5.97 Å². The van der Waals surface area contributed by atoms with E-state index in [2.05, 4.69) is 5.10 Å². The molecule has 0 atom stereocenters. The monoisotopic (exact) mass is 478 g/mol. The van der Waals surface area contributed by atoms with Crippen LogP contribution >= 0.6 is 0 Å². The molecule has 0 bridgehead atoms. The van der Waals surface area contributed by atoms with Gasteiger partial charge in [-0.25, -0.2) is 13.6 Å². The molecule has 0 saturated carbocycles. The summed E-state index contributed by atoms with van der Waals surface area (Å²) in [4.78, 5) is 11.0. The first-order chi connectivity index (χ1) is 17.0. The smallest absolute Gasteiger partial charge is 0.341 e. The maximum Gasteiger partial charge on any atom is 0.341 e. The van der Waals surface area contributed by atoms with Crippen LogP contribution in [0.4, 0.5) is 8.78 Å². The standard InChI is InChI=1S/C27H24F2N2O4/c1-2-34-25-11-7-6-10-19(25)24-16-23(30-31(24)13-12-18-8-4-3-5-9-18)20-14-21(28)22(29)15-26(20)35-17-27(32)33/h3-11,14-16H,2,12-13,17H2,1H3,(H,32,33). The molecule has 0 spiro atoms. The first-order valence-corrected chi connectivity index (χ1v) is 11.1. The van der Waals surface area contributed by atoms with E-state index in [1.165, 1.54) is 0 Å². The van der Waals surface area contributed by atoms with Gasteiger partial charge in [-0.05, 0) is 43.2 Å². The first kappa shape index (κ1) is 23.9. The fourth-order valence-electron chi connectivity index (χ4n) is 3.76.